The van der Waals surface area contributed by atoms with E-state index in [1.807, 2.05) is 25.1 Å². The lowest BCUT2D eigenvalue weighted by atomic mass is 10.1. The molecule has 0 aromatic heterocycles. The zero-order valence-corrected chi connectivity index (χ0v) is 18.7. The SMILES string of the molecule is CCc1ccccc1NC(=O)CNC(=O)CCNS(=O)(=O)c1ccc2c(c1)OCCCO2. The van der Waals surface area contributed by atoms with Crippen LogP contribution in [0, 0.1) is 0 Å². The number of benzene rings is 2. The summed E-state index contributed by atoms with van der Waals surface area (Å²) in [4.78, 5) is 24.1. The lowest BCUT2D eigenvalue weighted by molar-refractivity contribution is -0.124. The van der Waals surface area contributed by atoms with Gasteiger partial charge in [0.15, 0.2) is 11.5 Å². The Balaban J connectivity index is 1.45. The Morgan fingerprint density at radius 3 is 2.53 bits per heavy atom. The number of sulfonamides is 1. The number of rotatable bonds is 9. The first-order valence-corrected chi connectivity index (χ1v) is 11.9. The van der Waals surface area contributed by atoms with Crippen molar-refractivity contribution in [2.24, 2.45) is 0 Å². The van der Waals surface area contributed by atoms with Crippen LogP contribution in [0.3, 0.4) is 0 Å². The fourth-order valence-corrected chi connectivity index (χ4v) is 4.15. The second-order valence-corrected chi connectivity index (χ2v) is 8.91. The van der Waals surface area contributed by atoms with Crippen LogP contribution < -0.4 is 24.8 Å². The highest BCUT2D eigenvalue weighted by molar-refractivity contribution is 7.89. The van der Waals surface area contributed by atoms with Crippen molar-refractivity contribution >= 4 is 27.5 Å². The summed E-state index contributed by atoms with van der Waals surface area (Å²) >= 11 is 0. The lowest BCUT2D eigenvalue weighted by Crippen LogP contribution is -2.35. The molecule has 172 valence electrons. The van der Waals surface area contributed by atoms with Gasteiger partial charge in [0.25, 0.3) is 0 Å². The van der Waals surface area contributed by atoms with E-state index in [1.54, 1.807) is 12.1 Å². The van der Waals surface area contributed by atoms with E-state index in [9.17, 15) is 18.0 Å². The minimum absolute atomic E-state index is 0.0242. The molecule has 10 heteroatoms. The predicted octanol–water partition coefficient (Wildman–Crippen LogP) is 1.83. The molecular formula is C22H27N3O6S. The third-order valence-electron chi connectivity index (χ3n) is 4.79. The first kappa shape index (κ1) is 23.6. The maximum Gasteiger partial charge on any atom is 0.243 e. The average Bonchev–Trinajstić information content (AvgIpc) is 3.03. The number of amides is 2. The number of nitrogens with one attached hydrogen (secondary N) is 3. The van der Waals surface area contributed by atoms with Crippen LogP contribution in [0.15, 0.2) is 47.4 Å². The molecule has 32 heavy (non-hydrogen) atoms. The number of anilines is 1. The highest BCUT2D eigenvalue weighted by Crippen LogP contribution is 2.31. The summed E-state index contributed by atoms with van der Waals surface area (Å²) < 4.78 is 38.4. The second kappa shape index (κ2) is 11.0. The molecule has 3 rings (SSSR count). The average molecular weight is 462 g/mol. The van der Waals surface area contributed by atoms with Crippen molar-refractivity contribution in [3.05, 3.63) is 48.0 Å². The molecule has 1 aliphatic heterocycles. The highest BCUT2D eigenvalue weighted by Gasteiger charge is 2.19. The van der Waals surface area contributed by atoms with Crippen LogP contribution in [0.25, 0.3) is 0 Å². The molecule has 1 aliphatic rings. The van der Waals surface area contributed by atoms with Crippen LogP contribution in [0.2, 0.25) is 0 Å². The van der Waals surface area contributed by atoms with E-state index in [0.717, 1.165) is 12.0 Å². The highest BCUT2D eigenvalue weighted by atomic mass is 32.2. The van der Waals surface area contributed by atoms with Gasteiger partial charge in [-0.15, -0.1) is 0 Å². The summed E-state index contributed by atoms with van der Waals surface area (Å²) in [7, 11) is -3.83. The number of para-hydroxylation sites is 1. The van der Waals surface area contributed by atoms with Gasteiger partial charge in [0.2, 0.25) is 21.8 Å². The van der Waals surface area contributed by atoms with Crippen molar-refractivity contribution in [1.29, 1.82) is 0 Å². The number of aryl methyl sites for hydroxylation is 1. The quantitative estimate of drug-likeness (QED) is 0.524. The first-order chi connectivity index (χ1) is 15.4. The van der Waals surface area contributed by atoms with Crippen molar-refractivity contribution in [3.8, 4) is 11.5 Å². The molecule has 0 unspecified atom stereocenters. The molecule has 1 heterocycles. The van der Waals surface area contributed by atoms with Crippen LogP contribution >= 0.6 is 0 Å². The maximum absolute atomic E-state index is 12.5. The van der Waals surface area contributed by atoms with E-state index in [0.29, 0.717) is 36.8 Å². The molecule has 0 spiro atoms. The van der Waals surface area contributed by atoms with Crippen molar-refractivity contribution in [3.63, 3.8) is 0 Å². The Bertz CT molecular complexity index is 1070. The smallest absolute Gasteiger partial charge is 0.243 e. The van der Waals surface area contributed by atoms with Gasteiger partial charge >= 0.3 is 0 Å². The normalized spacial score (nSPS) is 13.2. The lowest BCUT2D eigenvalue weighted by Gasteiger charge is -2.11. The van der Waals surface area contributed by atoms with Gasteiger partial charge in [-0.05, 0) is 30.2 Å². The summed E-state index contributed by atoms with van der Waals surface area (Å²) in [5.74, 6) is 0.0803. The number of ether oxygens (including phenoxy) is 2. The molecule has 0 atom stereocenters. The summed E-state index contributed by atoms with van der Waals surface area (Å²) in [6.07, 6.45) is 1.38. The summed E-state index contributed by atoms with van der Waals surface area (Å²) in [5, 5.41) is 5.25. The third-order valence-corrected chi connectivity index (χ3v) is 6.25. The van der Waals surface area contributed by atoms with Crippen molar-refractivity contribution < 1.29 is 27.5 Å². The fraction of sp³-hybridized carbons (Fsp3) is 0.364. The summed E-state index contributed by atoms with van der Waals surface area (Å²) in [5.41, 5.74) is 1.70. The Morgan fingerprint density at radius 1 is 1.00 bits per heavy atom. The molecular weight excluding hydrogens is 434 g/mol. The van der Waals surface area contributed by atoms with Crippen molar-refractivity contribution in [1.82, 2.24) is 10.0 Å². The minimum Gasteiger partial charge on any atom is -0.490 e. The van der Waals surface area contributed by atoms with Gasteiger partial charge in [0, 0.05) is 31.1 Å². The topological polar surface area (TPSA) is 123 Å². The Morgan fingerprint density at radius 2 is 1.75 bits per heavy atom. The van der Waals surface area contributed by atoms with Gasteiger partial charge in [-0.25, -0.2) is 13.1 Å². The largest absolute Gasteiger partial charge is 0.490 e. The Hall–Kier alpha value is -3.11. The summed E-state index contributed by atoms with van der Waals surface area (Å²) in [6.45, 7) is 2.63. The van der Waals surface area contributed by atoms with E-state index in [1.165, 1.54) is 12.1 Å². The molecule has 0 bridgehead atoms. The third kappa shape index (κ3) is 6.44. The van der Waals surface area contributed by atoms with Gasteiger partial charge in [0.1, 0.15) is 0 Å². The number of carbonyl (C=O) groups is 2. The van der Waals surface area contributed by atoms with Crippen LogP contribution in [-0.2, 0) is 26.0 Å². The molecule has 2 amide bonds. The van der Waals surface area contributed by atoms with Gasteiger partial charge < -0.3 is 20.1 Å². The van der Waals surface area contributed by atoms with E-state index in [-0.39, 0.29) is 30.3 Å². The second-order valence-electron chi connectivity index (χ2n) is 7.14. The minimum atomic E-state index is -3.83. The van der Waals surface area contributed by atoms with Gasteiger partial charge in [-0.1, -0.05) is 25.1 Å². The van der Waals surface area contributed by atoms with Crippen LogP contribution in [-0.4, -0.2) is 46.5 Å². The Labute approximate surface area is 187 Å². The number of hydrogen-bond donors (Lipinski definition) is 3. The van der Waals surface area contributed by atoms with Crippen molar-refractivity contribution in [2.45, 2.75) is 31.1 Å². The van der Waals surface area contributed by atoms with E-state index in [2.05, 4.69) is 15.4 Å². The molecule has 2 aromatic rings. The molecule has 0 fully saturated rings. The molecule has 0 saturated carbocycles. The summed E-state index contributed by atoms with van der Waals surface area (Å²) in [6, 6.07) is 11.8. The van der Waals surface area contributed by atoms with Gasteiger partial charge in [0.05, 0.1) is 24.7 Å². The standard InChI is InChI=1S/C22H27N3O6S/c1-2-16-6-3-4-7-18(16)25-22(27)15-23-21(26)10-11-24-32(28,29)17-8-9-19-20(14-17)31-13-5-12-30-19/h3-4,6-9,14,24H,2,5,10-13,15H2,1H3,(H,23,26)(H,25,27). The number of hydrogen-bond acceptors (Lipinski definition) is 6. The molecule has 2 aromatic carbocycles. The van der Waals surface area contributed by atoms with E-state index < -0.39 is 15.9 Å². The van der Waals surface area contributed by atoms with Crippen molar-refractivity contribution in [2.75, 3.05) is 31.6 Å². The fourth-order valence-electron chi connectivity index (χ4n) is 3.11. The zero-order chi connectivity index (χ0) is 23.0. The molecule has 3 N–H and O–H groups in total. The first-order valence-electron chi connectivity index (χ1n) is 10.4. The maximum atomic E-state index is 12.5. The van der Waals surface area contributed by atoms with Crippen LogP contribution in [0.5, 0.6) is 11.5 Å². The molecule has 0 aliphatic carbocycles. The number of carbonyl (C=O) groups excluding carboxylic acids is 2. The van der Waals surface area contributed by atoms with Crippen LogP contribution in [0.1, 0.15) is 25.3 Å². The zero-order valence-electron chi connectivity index (χ0n) is 17.8. The Kier molecular flexibility index (Phi) is 8.07. The molecule has 0 radical (unpaired) electrons. The van der Waals surface area contributed by atoms with Crippen LogP contribution in [0.4, 0.5) is 5.69 Å². The van der Waals surface area contributed by atoms with Gasteiger partial charge in [-0.2, -0.15) is 0 Å². The van der Waals surface area contributed by atoms with E-state index >= 15 is 0 Å². The van der Waals surface area contributed by atoms with Gasteiger partial charge in [-0.3, -0.25) is 9.59 Å². The monoisotopic (exact) mass is 461 g/mol. The molecule has 0 saturated heterocycles. The molecule has 9 nitrogen and oxygen atoms in total. The van der Waals surface area contributed by atoms with E-state index in [4.69, 9.17) is 9.47 Å². The number of fused-ring (bicyclic) bond motifs is 1. The predicted molar refractivity (Wildman–Crippen MR) is 119 cm³/mol.